The Bertz CT molecular complexity index is 1400. The monoisotopic (exact) mass is 491 g/mol. The van der Waals surface area contributed by atoms with E-state index in [0.29, 0.717) is 52.0 Å². The number of nitrogens with one attached hydrogen (secondary N) is 2. The van der Waals surface area contributed by atoms with Gasteiger partial charge in [0.2, 0.25) is 0 Å². The Hall–Kier alpha value is -3.39. The lowest BCUT2D eigenvalue weighted by atomic mass is 9.69. The van der Waals surface area contributed by atoms with Gasteiger partial charge < -0.3 is 15.0 Å². The molecule has 1 aromatic heterocycles. The zero-order valence-corrected chi connectivity index (χ0v) is 20.6. The molecule has 3 aromatic rings. The van der Waals surface area contributed by atoms with Crippen LogP contribution in [-0.4, -0.2) is 22.9 Å². The topological polar surface area (TPSA) is 84.1 Å². The van der Waals surface area contributed by atoms with E-state index in [1.807, 2.05) is 24.3 Å². The van der Waals surface area contributed by atoms with E-state index in [4.69, 9.17) is 9.72 Å². The molecule has 1 aliphatic carbocycles. The van der Waals surface area contributed by atoms with Gasteiger partial charge >= 0.3 is 0 Å². The number of hydrogen-bond acceptors (Lipinski definition) is 6. The van der Waals surface area contributed by atoms with Gasteiger partial charge in [-0.3, -0.25) is 9.59 Å². The number of H-pyrrole nitrogens is 1. The predicted octanol–water partition coefficient (Wildman–Crippen LogP) is 5.41. The number of nitrogens with zero attached hydrogens (tertiary/aromatic N) is 1. The number of Topliss-reactive ketones (excluding diaryl/α,β-unsaturated/α-hetero) is 1. The van der Waals surface area contributed by atoms with E-state index in [2.05, 4.69) is 24.1 Å². The number of fused-ring (bicyclic) bond motifs is 1. The first-order valence-electron chi connectivity index (χ1n) is 11.4. The standard InChI is InChI=1S/C27H26FN3O3S/c1-27(2)12-19-22(20(32)13-27)21(15-8-10-17(34-3)11-9-15)23-24(29-19)30-26(31-25(23)33)35-14-16-6-4-5-7-18(16)28/h4-11,21H,12-14H2,1-3H3,(H2,29,30,31,33)/t21-/m0/s1. The average molecular weight is 492 g/mol. The number of allylic oxidation sites excluding steroid dienone is 2. The second-order valence-electron chi connectivity index (χ2n) is 9.68. The lowest BCUT2D eigenvalue weighted by Gasteiger charge is -2.38. The number of carbonyl (C=O) groups excluding carboxylic acids is 1. The average Bonchev–Trinajstić information content (AvgIpc) is 2.81. The van der Waals surface area contributed by atoms with E-state index >= 15 is 0 Å². The van der Waals surface area contributed by atoms with Gasteiger partial charge in [0.25, 0.3) is 5.56 Å². The zero-order chi connectivity index (χ0) is 24.7. The van der Waals surface area contributed by atoms with Crippen LogP contribution in [0.4, 0.5) is 10.2 Å². The highest BCUT2D eigenvalue weighted by atomic mass is 32.2. The summed E-state index contributed by atoms with van der Waals surface area (Å²) in [5.41, 5.74) is 2.69. The third kappa shape index (κ3) is 4.50. The summed E-state index contributed by atoms with van der Waals surface area (Å²) in [5, 5.41) is 3.71. The smallest absolute Gasteiger partial charge is 0.257 e. The van der Waals surface area contributed by atoms with Crippen molar-refractivity contribution in [2.45, 2.75) is 43.5 Å². The van der Waals surface area contributed by atoms with Crippen LogP contribution >= 0.6 is 11.8 Å². The summed E-state index contributed by atoms with van der Waals surface area (Å²) in [4.78, 5) is 34.3. The van der Waals surface area contributed by atoms with E-state index in [-0.39, 0.29) is 22.6 Å². The Morgan fingerprint density at radius 3 is 2.57 bits per heavy atom. The van der Waals surface area contributed by atoms with Gasteiger partial charge in [-0.1, -0.05) is 55.9 Å². The molecule has 2 aliphatic rings. The molecule has 0 bridgehead atoms. The minimum Gasteiger partial charge on any atom is -0.497 e. The van der Waals surface area contributed by atoms with E-state index in [0.717, 1.165) is 11.3 Å². The van der Waals surface area contributed by atoms with Crippen molar-refractivity contribution in [3.05, 3.63) is 92.7 Å². The summed E-state index contributed by atoms with van der Waals surface area (Å²) in [5.74, 6) is 0.673. The molecule has 1 aliphatic heterocycles. The number of rotatable bonds is 5. The van der Waals surface area contributed by atoms with Crippen LogP contribution in [0.25, 0.3) is 0 Å². The number of aromatic amines is 1. The fourth-order valence-corrected chi connectivity index (χ4v) is 5.70. The van der Waals surface area contributed by atoms with Gasteiger partial charge in [0.1, 0.15) is 17.4 Å². The molecule has 2 heterocycles. The van der Waals surface area contributed by atoms with Crippen molar-refractivity contribution in [3.63, 3.8) is 0 Å². The first-order chi connectivity index (χ1) is 16.8. The quantitative estimate of drug-likeness (QED) is 0.367. The molecule has 0 unspecified atom stereocenters. The SMILES string of the molecule is COc1ccc([C@H]2C3=C(CC(C)(C)CC3=O)Nc3nc(SCc4ccccc4F)[nH]c(=O)c32)cc1. The largest absolute Gasteiger partial charge is 0.497 e. The molecule has 2 aromatic carbocycles. The fraction of sp³-hybridized carbons (Fsp3) is 0.296. The van der Waals surface area contributed by atoms with Gasteiger partial charge in [0.15, 0.2) is 10.9 Å². The maximum atomic E-state index is 14.1. The molecule has 0 spiro atoms. The summed E-state index contributed by atoms with van der Waals surface area (Å²) >= 11 is 1.26. The van der Waals surface area contributed by atoms with Crippen molar-refractivity contribution in [3.8, 4) is 5.75 Å². The normalized spacial score (nSPS) is 18.5. The van der Waals surface area contributed by atoms with Crippen LogP contribution < -0.4 is 15.6 Å². The molecule has 0 amide bonds. The first-order valence-corrected chi connectivity index (χ1v) is 12.4. The molecule has 8 heteroatoms. The molecule has 1 atom stereocenters. The Morgan fingerprint density at radius 2 is 1.86 bits per heavy atom. The summed E-state index contributed by atoms with van der Waals surface area (Å²) in [6.07, 6.45) is 1.09. The van der Waals surface area contributed by atoms with Gasteiger partial charge in [0, 0.05) is 29.4 Å². The van der Waals surface area contributed by atoms with Crippen LogP contribution in [0.5, 0.6) is 5.75 Å². The molecule has 0 fully saturated rings. The number of benzene rings is 2. The van der Waals surface area contributed by atoms with Crippen LogP contribution in [0.1, 0.15) is 49.3 Å². The van der Waals surface area contributed by atoms with Crippen molar-refractivity contribution in [1.82, 2.24) is 9.97 Å². The highest BCUT2D eigenvalue weighted by molar-refractivity contribution is 7.98. The molecule has 2 N–H and O–H groups in total. The lowest BCUT2D eigenvalue weighted by molar-refractivity contribution is -0.118. The maximum Gasteiger partial charge on any atom is 0.257 e. The number of halogens is 1. The number of anilines is 1. The number of carbonyl (C=O) groups is 1. The zero-order valence-electron chi connectivity index (χ0n) is 19.8. The van der Waals surface area contributed by atoms with E-state index in [9.17, 15) is 14.0 Å². The van der Waals surface area contributed by atoms with Gasteiger partial charge in [0.05, 0.1) is 12.7 Å². The summed E-state index contributed by atoms with van der Waals surface area (Å²) in [7, 11) is 1.59. The number of ketones is 1. The summed E-state index contributed by atoms with van der Waals surface area (Å²) in [6.45, 7) is 4.13. The molecule has 0 saturated heterocycles. The molecule has 0 saturated carbocycles. The van der Waals surface area contributed by atoms with E-state index < -0.39 is 5.92 Å². The molecule has 180 valence electrons. The number of hydrogen-bond donors (Lipinski definition) is 2. The summed E-state index contributed by atoms with van der Waals surface area (Å²) in [6, 6.07) is 14.0. The Labute approximate surface area is 207 Å². The van der Waals surface area contributed by atoms with Crippen LogP contribution in [0.3, 0.4) is 0 Å². The molecular formula is C27H26FN3O3S. The number of thioether (sulfide) groups is 1. The van der Waals surface area contributed by atoms with Crippen LogP contribution in [0.2, 0.25) is 0 Å². The number of methoxy groups -OCH3 is 1. The van der Waals surface area contributed by atoms with Crippen molar-refractivity contribution < 1.29 is 13.9 Å². The summed E-state index contributed by atoms with van der Waals surface area (Å²) < 4.78 is 19.4. The predicted molar refractivity (Wildman–Crippen MR) is 134 cm³/mol. The third-order valence-electron chi connectivity index (χ3n) is 6.47. The Balaban J connectivity index is 1.58. The highest BCUT2D eigenvalue weighted by Crippen LogP contribution is 2.47. The maximum absolute atomic E-state index is 14.1. The number of aromatic nitrogens is 2. The fourth-order valence-electron chi connectivity index (χ4n) is 4.85. The van der Waals surface area contributed by atoms with Gasteiger partial charge in [-0.25, -0.2) is 9.37 Å². The van der Waals surface area contributed by atoms with Crippen molar-refractivity contribution in [2.75, 3.05) is 12.4 Å². The van der Waals surface area contributed by atoms with Gasteiger partial charge in [-0.05, 0) is 41.2 Å². The first kappa shape index (κ1) is 23.4. The Morgan fingerprint density at radius 1 is 1.11 bits per heavy atom. The second kappa shape index (κ2) is 9.00. The molecular weight excluding hydrogens is 465 g/mol. The lowest BCUT2D eigenvalue weighted by Crippen LogP contribution is -2.37. The third-order valence-corrected chi connectivity index (χ3v) is 7.39. The van der Waals surface area contributed by atoms with Crippen molar-refractivity contribution in [2.24, 2.45) is 5.41 Å². The number of ether oxygens (including phenoxy) is 1. The minimum absolute atomic E-state index is 0.0348. The molecule has 35 heavy (non-hydrogen) atoms. The molecule has 0 radical (unpaired) electrons. The van der Waals surface area contributed by atoms with E-state index in [1.165, 1.54) is 17.8 Å². The van der Waals surface area contributed by atoms with Crippen LogP contribution in [0.15, 0.2) is 69.8 Å². The second-order valence-corrected chi connectivity index (χ2v) is 10.6. The van der Waals surface area contributed by atoms with Crippen molar-refractivity contribution >= 4 is 23.4 Å². The Kier molecular flexibility index (Phi) is 6.01. The van der Waals surface area contributed by atoms with Crippen LogP contribution in [-0.2, 0) is 10.5 Å². The van der Waals surface area contributed by atoms with Gasteiger partial charge in [-0.15, -0.1) is 0 Å². The molecule has 5 rings (SSSR count). The highest BCUT2D eigenvalue weighted by Gasteiger charge is 2.42. The van der Waals surface area contributed by atoms with Gasteiger partial charge in [-0.2, -0.15) is 0 Å². The van der Waals surface area contributed by atoms with Crippen molar-refractivity contribution in [1.29, 1.82) is 0 Å². The minimum atomic E-state index is -0.530. The van der Waals surface area contributed by atoms with E-state index in [1.54, 1.807) is 25.3 Å². The molecule has 6 nitrogen and oxygen atoms in total. The van der Waals surface area contributed by atoms with Crippen LogP contribution in [0, 0.1) is 11.2 Å².